The number of oxime groups is 1. The molecule has 1 rings (SSSR count). The number of amides is 1. The van der Waals surface area contributed by atoms with Crippen LogP contribution in [0.4, 0.5) is 0 Å². The molecule has 1 aromatic rings. The Hall–Kier alpha value is -1.84. The number of nitrogens with zero attached hydrogens (tertiary/aromatic N) is 1. The Morgan fingerprint density at radius 3 is 2.60 bits per heavy atom. The summed E-state index contributed by atoms with van der Waals surface area (Å²) >= 11 is 0. The van der Waals surface area contributed by atoms with E-state index in [-0.39, 0.29) is 11.6 Å². The van der Waals surface area contributed by atoms with Crippen LogP contribution in [0.2, 0.25) is 0 Å². The normalized spacial score (nSPS) is 11.0. The highest BCUT2D eigenvalue weighted by atomic mass is 16.6. The largest absolute Gasteiger partial charge is 0.398 e. The molecule has 0 saturated heterocycles. The molecular formula is C11H14N2O2. The molecule has 0 atom stereocenters. The van der Waals surface area contributed by atoms with Crippen molar-refractivity contribution in [3.05, 3.63) is 35.4 Å². The summed E-state index contributed by atoms with van der Waals surface area (Å²) in [4.78, 5) is 16.2. The van der Waals surface area contributed by atoms with E-state index in [1.54, 1.807) is 7.05 Å². The van der Waals surface area contributed by atoms with Crippen LogP contribution >= 0.6 is 0 Å². The minimum absolute atomic E-state index is 0.258. The van der Waals surface area contributed by atoms with Gasteiger partial charge in [0.2, 0.25) is 0 Å². The molecule has 0 fully saturated rings. The lowest BCUT2D eigenvalue weighted by Gasteiger charge is -2.06. The van der Waals surface area contributed by atoms with Gasteiger partial charge in [-0.05, 0) is 12.5 Å². The van der Waals surface area contributed by atoms with Crippen molar-refractivity contribution in [2.75, 3.05) is 14.2 Å². The van der Waals surface area contributed by atoms with E-state index < -0.39 is 0 Å². The van der Waals surface area contributed by atoms with Gasteiger partial charge in [0, 0.05) is 12.6 Å². The summed E-state index contributed by atoms with van der Waals surface area (Å²) in [6, 6.07) is 7.52. The maximum atomic E-state index is 11.5. The zero-order valence-corrected chi connectivity index (χ0v) is 9.07. The van der Waals surface area contributed by atoms with E-state index in [0.717, 1.165) is 11.1 Å². The minimum Gasteiger partial charge on any atom is -0.398 e. The van der Waals surface area contributed by atoms with Gasteiger partial charge < -0.3 is 10.2 Å². The van der Waals surface area contributed by atoms with Gasteiger partial charge >= 0.3 is 0 Å². The third kappa shape index (κ3) is 2.56. The van der Waals surface area contributed by atoms with E-state index in [2.05, 4.69) is 15.3 Å². The molecule has 0 unspecified atom stereocenters. The molecule has 0 radical (unpaired) electrons. The Morgan fingerprint density at radius 1 is 1.40 bits per heavy atom. The number of aryl methyl sites for hydroxylation is 1. The standard InChI is InChI=1S/C11H14N2O2/c1-8-6-4-5-7-9(8)10(13-15-3)11(14)12-2/h4-7H,1-3H3,(H,12,14)/b13-10+. The Bertz CT molecular complexity index is 386. The second kappa shape index (κ2) is 5.14. The lowest BCUT2D eigenvalue weighted by molar-refractivity contribution is -0.114. The van der Waals surface area contributed by atoms with Crippen LogP contribution in [0, 0.1) is 6.92 Å². The first-order valence-electron chi connectivity index (χ1n) is 4.60. The van der Waals surface area contributed by atoms with E-state index in [0.29, 0.717) is 0 Å². The Kier molecular flexibility index (Phi) is 3.85. The Morgan fingerprint density at radius 2 is 2.07 bits per heavy atom. The second-order valence-corrected chi connectivity index (χ2v) is 3.02. The number of nitrogens with one attached hydrogen (secondary N) is 1. The average molecular weight is 206 g/mol. The predicted octanol–water partition coefficient (Wildman–Crippen LogP) is 1.09. The van der Waals surface area contributed by atoms with E-state index in [1.165, 1.54) is 7.11 Å². The highest BCUT2D eigenvalue weighted by Gasteiger charge is 2.14. The molecule has 4 heteroatoms. The first-order chi connectivity index (χ1) is 7.20. The predicted molar refractivity (Wildman–Crippen MR) is 58.8 cm³/mol. The summed E-state index contributed by atoms with van der Waals surface area (Å²) in [6.45, 7) is 1.92. The maximum absolute atomic E-state index is 11.5. The van der Waals surface area contributed by atoms with Crippen LogP contribution in [0.25, 0.3) is 0 Å². The molecule has 1 N–H and O–H groups in total. The third-order valence-corrected chi connectivity index (χ3v) is 2.02. The molecule has 4 nitrogen and oxygen atoms in total. The molecule has 0 aliphatic rings. The fourth-order valence-corrected chi connectivity index (χ4v) is 1.26. The van der Waals surface area contributed by atoms with Crippen molar-refractivity contribution in [2.24, 2.45) is 5.16 Å². The van der Waals surface area contributed by atoms with E-state index in [4.69, 9.17) is 0 Å². The van der Waals surface area contributed by atoms with Gasteiger partial charge in [-0.2, -0.15) is 0 Å². The molecule has 1 aromatic carbocycles. The van der Waals surface area contributed by atoms with Crippen LogP contribution < -0.4 is 5.32 Å². The SMILES string of the molecule is CNC(=O)/C(=N/OC)c1ccccc1C. The lowest BCUT2D eigenvalue weighted by atomic mass is 10.0. The number of carbonyl (C=O) groups excluding carboxylic acids is 1. The first kappa shape index (κ1) is 11.2. The van der Waals surface area contributed by atoms with E-state index in [1.807, 2.05) is 31.2 Å². The molecule has 1 amide bonds. The van der Waals surface area contributed by atoms with Gasteiger partial charge in [0.25, 0.3) is 5.91 Å². The smallest absolute Gasteiger partial charge is 0.273 e. The zero-order chi connectivity index (χ0) is 11.3. The van der Waals surface area contributed by atoms with Gasteiger partial charge in [0.1, 0.15) is 7.11 Å². The van der Waals surface area contributed by atoms with Gasteiger partial charge in [-0.15, -0.1) is 0 Å². The summed E-state index contributed by atoms with van der Waals surface area (Å²) in [5.74, 6) is -0.258. The van der Waals surface area contributed by atoms with Crippen molar-refractivity contribution in [3.8, 4) is 0 Å². The highest BCUT2D eigenvalue weighted by molar-refractivity contribution is 6.45. The van der Waals surface area contributed by atoms with Crippen LogP contribution in [0.3, 0.4) is 0 Å². The molecule has 15 heavy (non-hydrogen) atoms. The summed E-state index contributed by atoms with van der Waals surface area (Å²) in [7, 11) is 2.98. The molecule has 0 aliphatic heterocycles. The first-order valence-corrected chi connectivity index (χ1v) is 4.60. The van der Waals surface area contributed by atoms with Crippen LogP contribution in [0.5, 0.6) is 0 Å². The van der Waals surface area contributed by atoms with Gasteiger partial charge in [0.15, 0.2) is 5.71 Å². The molecule has 80 valence electrons. The fraction of sp³-hybridized carbons (Fsp3) is 0.273. The van der Waals surface area contributed by atoms with Crippen molar-refractivity contribution in [3.63, 3.8) is 0 Å². The van der Waals surface area contributed by atoms with E-state index >= 15 is 0 Å². The molecule has 0 spiro atoms. The molecule has 0 aromatic heterocycles. The number of hydrogen-bond donors (Lipinski definition) is 1. The molecule has 0 aliphatic carbocycles. The summed E-state index contributed by atoms with van der Waals surface area (Å²) in [5.41, 5.74) is 2.05. The van der Waals surface area contributed by atoms with Gasteiger partial charge in [-0.3, -0.25) is 4.79 Å². The number of likely N-dealkylation sites (N-methyl/N-ethyl adjacent to an activating group) is 1. The lowest BCUT2D eigenvalue weighted by Crippen LogP contribution is -2.29. The highest BCUT2D eigenvalue weighted by Crippen LogP contribution is 2.09. The van der Waals surface area contributed by atoms with Crippen molar-refractivity contribution in [1.82, 2.24) is 5.32 Å². The summed E-state index contributed by atoms with van der Waals surface area (Å²) in [6.07, 6.45) is 0. The number of benzene rings is 1. The number of carbonyl (C=O) groups is 1. The van der Waals surface area contributed by atoms with Gasteiger partial charge in [-0.1, -0.05) is 29.4 Å². The minimum atomic E-state index is -0.258. The topological polar surface area (TPSA) is 50.7 Å². The molecule has 0 heterocycles. The van der Waals surface area contributed by atoms with Crippen molar-refractivity contribution in [2.45, 2.75) is 6.92 Å². The zero-order valence-electron chi connectivity index (χ0n) is 9.07. The Balaban J connectivity index is 3.17. The monoisotopic (exact) mass is 206 g/mol. The fourth-order valence-electron chi connectivity index (χ4n) is 1.26. The average Bonchev–Trinajstić information content (AvgIpc) is 2.26. The van der Waals surface area contributed by atoms with Crippen molar-refractivity contribution >= 4 is 11.6 Å². The van der Waals surface area contributed by atoms with Crippen LogP contribution in [-0.2, 0) is 9.63 Å². The Labute approximate surface area is 88.9 Å². The van der Waals surface area contributed by atoms with Gasteiger partial charge in [0.05, 0.1) is 0 Å². The van der Waals surface area contributed by atoms with Crippen molar-refractivity contribution < 1.29 is 9.63 Å². The number of hydrogen-bond acceptors (Lipinski definition) is 3. The van der Waals surface area contributed by atoms with Crippen LogP contribution in [-0.4, -0.2) is 25.8 Å². The quantitative estimate of drug-likeness (QED) is 0.594. The summed E-state index contributed by atoms with van der Waals surface area (Å²) in [5, 5.41) is 6.26. The molecular weight excluding hydrogens is 192 g/mol. The van der Waals surface area contributed by atoms with Crippen LogP contribution in [0.1, 0.15) is 11.1 Å². The second-order valence-electron chi connectivity index (χ2n) is 3.02. The van der Waals surface area contributed by atoms with Gasteiger partial charge in [-0.25, -0.2) is 0 Å². The number of rotatable bonds is 3. The molecule has 0 saturated carbocycles. The summed E-state index contributed by atoms with van der Waals surface area (Å²) < 4.78 is 0. The maximum Gasteiger partial charge on any atom is 0.273 e. The van der Waals surface area contributed by atoms with Crippen LogP contribution in [0.15, 0.2) is 29.4 Å². The van der Waals surface area contributed by atoms with E-state index in [9.17, 15) is 4.79 Å². The van der Waals surface area contributed by atoms with Crippen molar-refractivity contribution in [1.29, 1.82) is 0 Å². The molecule has 0 bridgehead atoms. The third-order valence-electron chi connectivity index (χ3n) is 2.02.